The minimum absolute atomic E-state index is 0.105. The summed E-state index contributed by atoms with van der Waals surface area (Å²) < 4.78 is 24.6. The van der Waals surface area contributed by atoms with Crippen LogP contribution in [0.2, 0.25) is 0 Å². The number of nitrogen functional groups attached to an aromatic ring is 1. The number of ether oxygens (including phenoxy) is 2. The fourth-order valence-electron chi connectivity index (χ4n) is 2.33. The van der Waals surface area contributed by atoms with Crippen LogP contribution in [0, 0.1) is 12.7 Å². The lowest BCUT2D eigenvalue weighted by atomic mass is 10.1. The van der Waals surface area contributed by atoms with Gasteiger partial charge in [0.05, 0.1) is 5.69 Å². The minimum Gasteiger partial charge on any atom is -0.488 e. The van der Waals surface area contributed by atoms with Crippen LogP contribution in [-0.2, 0) is 6.42 Å². The molecule has 1 aliphatic heterocycles. The van der Waals surface area contributed by atoms with E-state index in [0.29, 0.717) is 24.5 Å². The van der Waals surface area contributed by atoms with E-state index in [0.717, 1.165) is 16.9 Å². The van der Waals surface area contributed by atoms with Gasteiger partial charge in [-0.25, -0.2) is 4.39 Å². The van der Waals surface area contributed by atoms with Gasteiger partial charge < -0.3 is 15.2 Å². The number of benzene rings is 2. The number of rotatable bonds is 3. The van der Waals surface area contributed by atoms with Crippen molar-refractivity contribution in [3.05, 3.63) is 53.3 Å². The Bertz CT molecular complexity index is 642. The molecule has 1 unspecified atom stereocenters. The van der Waals surface area contributed by atoms with Gasteiger partial charge in [0.15, 0.2) is 0 Å². The van der Waals surface area contributed by atoms with E-state index in [9.17, 15) is 4.39 Å². The van der Waals surface area contributed by atoms with Gasteiger partial charge in [-0.1, -0.05) is 6.07 Å². The summed E-state index contributed by atoms with van der Waals surface area (Å²) in [6.45, 7) is 2.38. The molecule has 0 radical (unpaired) electrons. The average Bonchev–Trinajstić information content (AvgIpc) is 2.81. The van der Waals surface area contributed by atoms with Crippen LogP contribution in [0.1, 0.15) is 11.1 Å². The lowest BCUT2D eigenvalue weighted by Gasteiger charge is -2.14. The van der Waals surface area contributed by atoms with Crippen molar-refractivity contribution in [1.82, 2.24) is 0 Å². The Kier molecular flexibility index (Phi) is 3.22. The summed E-state index contributed by atoms with van der Waals surface area (Å²) in [7, 11) is 0. The highest BCUT2D eigenvalue weighted by Gasteiger charge is 2.24. The molecular formula is C16H16FNO2. The van der Waals surface area contributed by atoms with Crippen molar-refractivity contribution >= 4 is 5.69 Å². The Labute approximate surface area is 117 Å². The molecule has 1 atom stereocenters. The van der Waals surface area contributed by atoms with Gasteiger partial charge >= 0.3 is 0 Å². The summed E-state index contributed by atoms with van der Waals surface area (Å²) in [5.74, 6) is 1.16. The molecule has 4 heteroatoms. The van der Waals surface area contributed by atoms with Crippen molar-refractivity contribution in [2.75, 3.05) is 12.3 Å². The molecule has 2 aromatic carbocycles. The monoisotopic (exact) mass is 273 g/mol. The molecule has 1 heterocycles. The summed E-state index contributed by atoms with van der Waals surface area (Å²) in [5, 5.41) is 0. The molecule has 2 aromatic rings. The zero-order valence-electron chi connectivity index (χ0n) is 11.2. The number of halogens is 1. The number of nitrogens with two attached hydrogens (primary N) is 1. The Morgan fingerprint density at radius 2 is 2.15 bits per heavy atom. The Morgan fingerprint density at radius 3 is 3.00 bits per heavy atom. The fraction of sp³-hybridized carbons (Fsp3) is 0.250. The van der Waals surface area contributed by atoms with Crippen LogP contribution in [0.4, 0.5) is 10.1 Å². The van der Waals surface area contributed by atoms with Gasteiger partial charge in [0, 0.05) is 12.0 Å². The highest BCUT2D eigenvalue weighted by Crippen LogP contribution is 2.30. The molecule has 0 amide bonds. The van der Waals surface area contributed by atoms with Gasteiger partial charge in [-0.3, -0.25) is 0 Å². The van der Waals surface area contributed by atoms with Crippen LogP contribution in [0.25, 0.3) is 0 Å². The second-order valence-corrected chi connectivity index (χ2v) is 5.05. The summed E-state index contributed by atoms with van der Waals surface area (Å²) in [6.07, 6.45) is 0.547. The third-order valence-electron chi connectivity index (χ3n) is 3.36. The molecule has 1 aliphatic rings. The van der Waals surface area contributed by atoms with E-state index >= 15 is 0 Å². The highest BCUT2D eigenvalue weighted by atomic mass is 19.1. The van der Waals surface area contributed by atoms with Crippen LogP contribution in [-0.4, -0.2) is 12.7 Å². The first kappa shape index (κ1) is 12.8. The molecule has 3 nitrogen and oxygen atoms in total. The molecule has 0 fully saturated rings. The maximum absolute atomic E-state index is 13.1. The van der Waals surface area contributed by atoms with Crippen molar-refractivity contribution in [2.45, 2.75) is 19.4 Å². The van der Waals surface area contributed by atoms with E-state index in [1.54, 1.807) is 6.07 Å². The van der Waals surface area contributed by atoms with Crippen molar-refractivity contribution < 1.29 is 13.9 Å². The molecule has 0 aromatic heterocycles. The Morgan fingerprint density at radius 1 is 1.30 bits per heavy atom. The zero-order chi connectivity index (χ0) is 14.1. The smallest absolute Gasteiger partial charge is 0.142 e. The molecule has 0 aliphatic carbocycles. The first-order valence-corrected chi connectivity index (χ1v) is 6.56. The maximum atomic E-state index is 13.1. The van der Waals surface area contributed by atoms with Crippen LogP contribution >= 0.6 is 0 Å². The van der Waals surface area contributed by atoms with Crippen molar-refractivity contribution in [3.8, 4) is 11.5 Å². The first-order chi connectivity index (χ1) is 9.61. The van der Waals surface area contributed by atoms with Crippen LogP contribution in [0.15, 0.2) is 36.4 Å². The molecule has 0 saturated heterocycles. The third kappa shape index (κ3) is 2.54. The van der Waals surface area contributed by atoms with Crippen LogP contribution in [0.3, 0.4) is 0 Å². The predicted octanol–water partition coefficient (Wildman–Crippen LogP) is 3.10. The number of hydrogen-bond acceptors (Lipinski definition) is 3. The van der Waals surface area contributed by atoms with Crippen molar-refractivity contribution in [1.29, 1.82) is 0 Å². The molecule has 104 valence electrons. The van der Waals surface area contributed by atoms with Gasteiger partial charge in [0.2, 0.25) is 0 Å². The van der Waals surface area contributed by atoms with E-state index in [-0.39, 0.29) is 11.9 Å². The fourth-order valence-corrected chi connectivity index (χ4v) is 2.33. The molecule has 20 heavy (non-hydrogen) atoms. The quantitative estimate of drug-likeness (QED) is 0.874. The normalized spacial score (nSPS) is 16.6. The molecule has 0 spiro atoms. The summed E-state index contributed by atoms with van der Waals surface area (Å²) >= 11 is 0. The standard InChI is InChI=1S/C16H16FNO2/c1-10-2-4-14(18)16(6-10)19-9-13-8-11-7-12(17)3-5-15(11)20-13/h2-7,13H,8-9,18H2,1H3. The number of aryl methyl sites for hydroxylation is 1. The third-order valence-corrected chi connectivity index (χ3v) is 3.36. The summed E-state index contributed by atoms with van der Waals surface area (Å²) in [5.41, 5.74) is 8.45. The van der Waals surface area contributed by atoms with E-state index < -0.39 is 0 Å². The SMILES string of the molecule is Cc1ccc(N)c(OCC2Cc3cc(F)ccc3O2)c1. The van der Waals surface area contributed by atoms with Crippen molar-refractivity contribution in [2.24, 2.45) is 0 Å². The predicted molar refractivity (Wildman–Crippen MR) is 75.6 cm³/mol. The van der Waals surface area contributed by atoms with Gasteiger partial charge in [-0.2, -0.15) is 0 Å². The van der Waals surface area contributed by atoms with E-state index in [1.807, 2.05) is 25.1 Å². The van der Waals surface area contributed by atoms with Gasteiger partial charge in [-0.05, 0) is 42.8 Å². The van der Waals surface area contributed by atoms with Crippen LogP contribution in [0.5, 0.6) is 11.5 Å². The second-order valence-electron chi connectivity index (χ2n) is 5.05. The largest absolute Gasteiger partial charge is 0.488 e. The minimum atomic E-state index is -0.239. The van der Waals surface area contributed by atoms with E-state index in [1.165, 1.54) is 12.1 Å². The summed E-state index contributed by atoms with van der Waals surface area (Å²) in [4.78, 5) is 0. The lowest BCUT2D eigenvalue weighted by Crippen LogP contribution is -2.22. The summed E-state index contributed by atoms with van der Waals surface area (Å²) in [6, 6.07) is 10.2. The second kappa shape index (κ2) is 5.04. The topological polar surface area (TPSA) is 44.5 Å². The Balaban J connectivity index is 1.65. The lowest BCUT2D eigenvalue weighted by molar-refractivity contribution is 0.149. The van der Waals surface area contributed by atoms with Crippen LogP contribution < -0.4 is 15.2 Å². The number of hydrogen-bond donors (Lipinski definition) is 1. The first-order valence-electron chi connectivity index (χ1n) is 6.56. The maximum Gasteiger partial charge on any atom is 0.142 e. The van der Waals surface area contributed by atoms with E-state index in [4.69, 9.17) is 15.2 Å². The number of anilines is 1. The number of fused-ring (bicyclic) bond motifs is 1. The van der Waals surface area contributed by atoms with E-state index in [2.05, 4.69) is 0 Å². The zero-order valence-corrected chi connectivity index (χ0v) is 11.2. The molecule has 2 N–H and O–H groups in total. The molecule has 3 rings (SSSR count). The Hall–Kier alpha value is -2.23. The van der Waals surface area contributed by atoms with Gasteiger partial charge in [0.25, 0.3) is 0 Å². The molecule has 0 saturated carbocycles. The average molecular weight is 273 g/mol. The molecular weight excluding hydrogens is 257 g/mol. The van der Waals surface area contributed by atoms with Crippen molar-refractivity contribution in [3.63, 3.8) is 0 Å². The van der Waals surface area contributed by atoms with Gasteiger partial charge in [0.1, 0.15) is 30.0 Å². The molecule has 0 bridgehead atoms. The highest BCUT2D eigenvalue weighted by molar-refractivity contribution is 5.53. The van der Waals surface area contributed by atoms with Gasteiger partial charge in [-0.15, -0.1) is 0 Å².